The lowest BCUT2D eigenvalue weighted by atomic mass is 10.2. The number of carbonyl (C=O) groups excluding carboxylic acids is 1. The van der Waals surface area contributed by atoms with Crippen LogP contribution in [0.5, 0.6) is 0 Å². The van der Waals surface area contributed by atoms with Crippen molar-refractivity contribution in [3.05, 3.63) is 71.8 Å². The molecule has 2 aromatic carbocycles. The molecule has 0 saturated carbocycles. The Labute approximate surface area is 140 Å². The van der Waals surface area contributed by atoms with Gasteiger partial charge in [-0.1, -0.05) is 72.3 Å². The van der Waals surface area contributed by atoms with E-state index in [1.165, 1.54) is 0 Å². The van der Waals surface area contributed by atoms with Crippen molar-refractivity contribution in [3.63, 3.8) is 0 Å². The first kappa shape index (κ1) is 14.7. The zero-order valence-corrected chi connectivity index (χ0v) is 13.3. The molecule has 4 nitrogen and oxygen atoms in total. The van der Waals surface area contributed by atoms with E-state index in [4.69, 9.17) is 16.4 Å². The second-order valence-electron chi connectivity index (χ2n) is 5.95. The van der Waals surface area contributed by atoms with Crippen LogP contribution in [0.15, 0.2) is 60.7 Å². The maximum Gasteiger partial charge on any atom is 0.262 e. The third-order valence-electron chi connectivity index (χ3n) is 4.39. The Morgan fingerprint density at radius 1 is 1.04 bits per heavy atom. The Kier molecular flexibility index (Phi) is 3.60. The van der Waals surface area contributed by atoms with Gasteiger partial charge < -0.3 is 4.90 Å². The van der Waals surface area contributed by atoms with E-state index in [1.54, 1.807) is 9.96 Å². The smallest absolute Gasteiger partial charge is 0.262 e. The van der Waals surface area contributed by atoms with Crippen molar-refractivity contribution in [1.29, 1.82) is 0 Å². The SMILES string of the molecule is O=C1N(Cc2ccccc2)CC2N(OCc3ccccc3)C12Cl. The van der Waals surface area contributed by atoms with Crippen molar-refractivity contribution in [2.75, 3.05) is 6.54 Å². The van der Waals surface area contributed by atoms with Crippen molar-refractivity contribution >= 4 is 17.5 Å². The van der Waals surface area contributed by atoms with Crippen LogP contribution in [0.1, 0.15) is 11.1 Å². The standard InChI is InChI=1S/C18H17ClN2O2/c19-18-16(21(18)23-13-15-9-5-2-6-10-15)12-20(17(18)22)11-14-7-3-1-4-8-14/h1-10,16H,11-13H2. The molecule has 2 fully saturated rings. The van der Waals surface area contributed by atoms with Crippen LogP contribution in [0.3, 0.4) is 0 Å². The Morgan fingerprint density at radius 2 is 1.65 bits per heavy atom. The zero-order chi connectivity index (χ0) is 15.9. The second-order valence-corrected chi connectivity index (χ2v) is 6.52. The number of nitrogens with zero attached hydrogens (tertiary/aromatic N) is 2. The molecule has 2 aliphatic rings. The summed E-state index contributed by atoms with van der Waals surface area (Å²) in [5.41, 5.74) is 2.17. The summed E-state index contributed by atoms with van der Waals surface area (Å²) in [6.45, 7) is 1.63. The number of carbonyl (C=O) groups is 1. The Bertz CT molecular complexity index is 709. The minimum absolute atomic E-state index is 0.0657. The van der Waals surface area contributed by atoms with Gasteiger partial charge in [-0.05, 0) is 11.1 Å². The van der Waals surface area contributed by atoms with E-state index in [9.17, 15) is 4.79 Å². The highest BCUT2D eigenvalue weighted by atomic mass is 35.5. The number of fused-ring (bicyclic) bond motifs is 1. The minimum Gasteiger partial charge on any atom is -0.334 e. The van der Waals surface area contributed by atoms with Gasteiger partial charge in [-0.2, -0.15) is 0 Å². The summed E-state index contributed by atoms with van der Waals surface area (Å²) in [5.74, 6) is -0.0684. The average molecular weight is 329 g/mol. The predicted molar refractivity (Wildman–Crippen MR) is 87.3 cm³/mol. The van der Waals surface area contributed by atoms with Gasteiger partial charge in [-0.25, -0.2) is 0 Å². The normalized spacial score (nSPS) is 28.7. The summed E-state index contributed by atoms with van der Waals surface area (Å²) in [6, 6.07) is 19.8. The highest BCUT2D eigenvalue weighted by Gasteiger charge is 2.75. The Hall–Kier alpha value is -1.88. The molecule has 0 aromatic heterocycles. The monoisotopic (exact) mass is 328 g/mol. The van der Waals surface area contributed by atoms with Crippen LogP contribution in [-0.2, 0) is 22.8 Å². The van der Waals surface area contributed by atoms with Gasteiger partial charge >= 0.3 is 0 Å². The molecule has 2 aromatic rings. The molecule has 3 unspecified atom stereocenters. The number of benzene rings is 2. The van der Waals surface area contributed by atoms with Gasteiger partial charge in [0.25, 0.3) is 5.91 Å². The predicted octanol–water partition coefficient (Wildman–Crippen LogP) is 2.78. The van der Waals surface area contributed by atoms with Crippen LogP contribution in [0, 0.1) is 0 Å². The summed E-state index contributed by atoms with van der Waals surface area (Å²) in [7, 11) is 0. The molecule has 2 saturated heterocycles. The van der Waals surface area contributed by atoms with Crippen LogP contribution < -0.4 is 0 Å². The largest absolute Gasteiger partial charge is 0.334 e. The number of rotatable bonds is 5. The Balaban J connectivity index is 1.37. The van der Waals surface area contributed by atoms with Crippen molar-refractivity contribution < 1.29 is 9.63 Å². The minimum atomic E-state index is -1.01. The molecule has 2 aliphatic heterocycles. The number of hydroxylamine groups is 2. The lowest BCUT2D eigenvalue weighted by Gasteiger charge is -2.22. The fourth-order valence-electron chi connectivity index (χ4n) is 3.08. The maximum absolute atomic E-state index is 12.6. The second kappa shape index (κ2) is 5.64. The summed E-state index contributed by atoms with van der Waals surface area (Å²) in [5, 5.41) is 1.63. The summed E-state index contributed by atoms with van der Waals surface area (Å²) >= 11 is 6.50. The molecule has 3 atom stereocenters. The van der Waals surface area contributed by atoms with E-state index in [2.05, 4.69) is 0 Å². The van der Waals surface area contributed by atoms with Crippen molar-refractivity contribution in [1.82, 2.24) is 9.96 Å². The third-order valence-corrected chi connectivity index (χ3v) is 4.97. The molecule has 0 N–H and O–H groups in total. The van der Waals surface area contributed by atoms with Crippen LogP contribution >= 0.6 is 11.6 Å². The molecule has 1 amide bonds. The molecule has 0 spiro atoms. The third kappa shape index (κ3) is 2.53. The number of alkyl halides is 1. The molecule has 2 heterocycles. The van der Waals surface area contributed by atoms with E-state index in [1.807, 2.05) is 60.7 Å². The summed E-state index contributed by atoms with van der Waals surface area (Å²) < 4.78 is 0. The van der Waals surface area contributed by atoms with Crippen LogP contribution in [0.25, 0.3) is 0 Å². The first-order valence-electron chi connectivity index (χ1n) is 7.68. The van der Waals surface area contributed by atoms with Crippen molar-refractivity contribution in [3.8, 4) is 0 Å². The molecule has 5 heteroatoms. The lowest BCUT2D eigenvalue weighted by Crippen LogP contribution is -2.37. The fraction of sp³-hybridized carbons (Fsp3) is 0.278. The number of likely N-dealkylation sites (tertiary alicyclic amines) is 1. The van der Waals surface area contributed by atoms with E-state index in [0.717, 1.165) is 11.1 Å². The van der Waals surface area contributed by atoms with E-state index in [0.29, 0.717) is 19.7 Å². The lowest BCUT2D eigenvalue weighted by molar-refractivity contribution is -0.149. The van der Waals surface area contributed by atoms with Gasteiger partial charge in [0.1, 0.15) is 0 Å². The highest BCUT2D eigenvalue weighted by molar-refractivity contribution is 6.38. The number of hydrogen-bond donors (Lipinski definition) is 0. The number of hydrogen-bond acceptors (Lipinski definition) is 3. The van der Waals surface area contributed by atoms with Gasteiger partial charge in [0, 0.05) is 13.1 Å². The van der Waals surface area contributed by atoms with Crippen molar-refractivity contribution in [2.45, 2.75) is 24.2 Å². The number of piperazine rings is 1. The first-order valence-corrected chi connectivity index (χ1v) is 8.06. The molecule has 0 aliphatic carbocycles. The Morgan fingerprint density at radius 3 is 2.22 bits per heavy atom. The topological polar surface area (TPSA) is 32.5 Å². The van der Waals surface area contributed by atoms with Crippen molar-refractivity contribution in [2.24, 2.45) is 0 Å². The van der Waals surface area contributed by atoms with E-state index < -0.39 is 5.00 Å². The number of halogens is 1. The fourth-order valence-corrected chi connectivity index (χ4v) is 3.48. The van der Waals surface area contributed by atoms with Gasteiger partial charge in [0.2, 0.25) is 5.00 Å². The van der Waals surface area contributed by atoms with Gasteiger partial charge in [-0.15, -0.1) is 5.06 Å². The first-order chi connectivity index (χ1) is 11.2. The van der Waals surface area contributed by atoms with Crippen LogP contribution in [-0.4, -0.2) is 33.5 Å². The van der Waals surface area contributed by atoms with Gasteiger partial charge in [-0.3, -0.25) is 9.63 Å². The molecule has 0 bridgehead atoms. The molecule has 4 rings (SSSR count). The summed E-state index contributed by atoms with van der Waals surface area (Å²) in [6.07, 6.45) is 0. The molecule has 118 valence electrons. The van der Waals surface area contributed by atoms with E-state index >= 15 is 0 Å². The molecule has 23 heavy (non-hydrogen) atoms. The van der Waals surface area contributed by atoms with Gasteiger partial charge in [0.05, 0.1) is 12.6 Å². The molecular formula is C18H17ClN2O2. The van der Waals surface area contributed by atoms with Gasteiger partial charge in [0.15, 0.2) is 0 Å². The molecular weight excluding hydrogens is 312 g/mol. The summed E-state index contributed by atoms with van der Waals surface area (Å²) in [4.78, 5) is 19.1. The maximum atomic E-state index is 12.6. The highest BCUT2D eigenvalue weighted by Crippen LogP contribution is 2.52. The van der Waals surface area contributed by atoms with E-state index in [-0.39, 0.29) is 11.9 Å². The number of amides is 1. The van der Waals surface area contributed by atoms with Crippen LogP contribution in [0.2, 0.25) is 0 Å². The van der Waals surface area contributed by atoms with Crippen LogP contribution in [0.4, 0.5) is 0 Å². The zero-order valence-electron chi connectivity index (χ0n) is 12.6. The average Bonchev–Trinajstić information content (AvgIpc) is 3.08. The quantitative estimate of drug-likeness (QED) is 0.480. The molecule has 0 radical (unpaired) electrons.